The minimum atomic E-state index is -5.03. The zero-order chi connectivity index (χ0) is 27.5. The van der Waals surface area contributed by atoms with Gasteiger partial charge in [-0.1, -0.05) is 23.7 Å². The number of aromatic nitrogens is 3. The first-order valence-electron chi connectivity index (χ1n) is 10.6. The average Bonchev–Trinajstić information content (AvgIpc) is 3.11. The monoisotopic (exact) mass is 551 g/mol. The van der Waals surface area contributed by atoms with Crippen molar-refractivity contribution in [2.75, 3.05) is 6.54 Å². The minimum absolute atomic E-state index is 0.0544. The summed E-state index contributed by atoms with van der Waals surface area (Å²) >= 11 is 5.83. The Balaban J connectivity index is 1.89. The molecule has 15 heteroatoms. The Morgan fingerprint density at radius 2 is 1.76 bits per heavy atom. The smallest absolute Gasteiger partial charge is 0.382 e. The number of nitrogens with one attached hydrogen (secondary N) is 1. The fourth-order valence-corrected chi connectivity index (χ4v) is 3.51. The summed E-state index contributed by atoms with van der Waals surface area (Å²) in [5, 5.41) is 16.1. The third-order valence-corrected chi connectivity index (χ3v) is 5.49. The van der Waals surface area contributed by atoms with Crippen LogP contribution in [0, 0.1) is 0 Å². The molecule has 0 aliphatic heterocycles. The van der Waals surface area contributed by atoms with Crippen LogP contribution in [-0.2, 0) is 24.1 Å². The Bertz CT molecular complexity index is 1300. The third-order valence-electron chi connectivity index (χ3n) is 5.24. The number of hydrogen-bond donors (Lipinski definition) is 3. The lowest BCUT2D eigenvalue weighted by molar-refractivity contribution is -0.207. The molecule has 3 aromatic rings. The van der Waals surface area contributed by atoms with E-state index >= 15 is 0 Å². The van der Waals surface area contributed by atoms with Crippen molar-refractivity contribution in [3.8, 4) is 11.4 Å². The Morgan fingerprint density at radius 3 is 2.32 bits per heavy atom. The third kappa shape index (κ3) is 6.90. The summed E-state index contributed by atoms with van der Waals surface area (Å²) in [4.78, 5) is 25.5. The van der Waals surface area contributed by atoms with Crippen molar-refractivity contribution in [3.05, 3.63) is 75.2 Å². The SMILES string of the molecule is NCC(NC(=O)Cn1nc(-c2ccc(Cl)cc2)n(CC(O)C(F)(F)F)c1=O)c1cccc(C(F)(F)F)c1. The van der Waals surface area contributed by atoms with E-state index in [4.69, 9.17) is 17.3 Å². The van der Waals surface area contributed by atoms with Crippen LogP contribution >= 0.6 is 11.6 Å². The molecule has 0 aliphatic rings. The van der Waals surface area contributed by atoms with Crippen molar-refractivity contribution in [2.24, 2.45) is 5.73 Å². The number of aliphatic hydroxyl groups is 1. The highest BCUT2D eigenvalue weighted by Gasteiger charge is 2.39. The Kier molecular flexibility index (Phi) is 8.35. The van der Waals surface area contributed by atoms with Gasteiger partial charge in [0, 0.05) is 17.1 Å². The van der Waals surface area contributed by atoms with Crippen molar-refractivity contribution >= 4 is 17.5 Å². The van der Waals surface area contributed by atoms with Gasteiger partial charge in [-0.05, 0) is 42.0 Å². The second kappa shape index (κ2) is 10.9. The number of nitrogens with zero attached hydrogens (tertiary/aromatic N) is 3. The number of aliphatic hydroxyl groups excluding tert-OH is 1. The molecule has 1 amide bonds. The van der Waals surface area contributed by atoms with E-state index in [1.54, 1.807) is 0 Å². The van der Waals surface area contributed by atoms with Gasteiger partial charge in [0.1, 0.15) is 6.54 Å². The summed E-state index contributed by atoms with van der Waals surface area (Å²) < 4.78 is 79.1. The predicted octanol–water partition coefficient (Wildman–Crippen LogP) is 3.12. The maximum Gasteiger partial charge on any atom is 0.416 e. The van der Waals surface area contributed by atoms with E-state index in [0.29, 0.717) is 14.3 Å². The Labute approximate surface area is 210 Å². The molecule has 0 spiro atoms. The number of benzene rings is 2. The molecule has 0 fully saturated rings. The number of carbonyl (C=O) groups excluding carboxylic acids is 1. The van der Waals surface area contributed by atoms with Crippen LogP contribution in [0.4, 0.5) is 26.3 Å². The maximum absolute atomic E-state index is 13.0. The molecule has 0 bridgehead atoms. The minimum Gasteiger partial charge on any atom is -0.382 e. The first-order chi connectivity index (χ1) is 17.2. The van der Waals surface area contributed by atoms with Crippen LogP contribution in [0.2, 0.25) is 5.02 Å². The molecular formula is C22H20ClF6N5O3. The molecule has 3 rings (SSSR count). The van der Waals surface area contributed by atoms with E-state index in [1.807, 2.05) is 0 Å². The molecule has 2 atom stereocenters. The van der Waals surface area contributed by atoms with E-state index in [9.17, 15) is 41.0 Å². The van der Waals surface area contributed by atoms with Gasteiger partial charge >= 0.3 is 18.0 Å². The molecule has 1 heterocycles. The van der Waals surface area contributed by atoms with Gasteiger partial charge in [0.25, 0.3) is 0 Å². The second-order valence-electron chi connectivity index (χ2n) is 7.92. The number of alkyl halides is 6. The first-order valence-corrected chi connectivity index (χ1v) is 10.9. The highest BCUT2D eigenvalue weighted by molar-refractivity contribution is 6.30. The van der Waals surface area contributed by atoms with Gasteiger partial charge < -0.3 is 16.2 Å². The van der Waals surface area contributed by atoms with Gasteiger partial charge in [-0.3, -0.25) is 9.36 Å². The highest BCUT2D eigenvalue weighted by Crippen LogP contribution is 2.30. The number of amides is 1. The Morgan fingerprint density at radius 1 is 1.11 bits per heavy atom. The number of rotatable bonds is 8. The van der Waals surface area contributed by atoms with Crippen LogP contribution in [0.15, 0.2) is 53.3 Å². The van der Waals surface area contributed by atoms with Gasteiger partial charge in [-0.15, -0.1) is 5.10 Å². The van der Waals surface area contributed by atoms with Crippen LogP contribution in [0.5, 0.6) is 0 Å². The number of carbonyl (C=O) groups is 1. The van der Waals surface area contributed by atoms with E-state index in [0.717, 1.165) is 18.2 Å². The largest absolute Gasteiger partial charge is 0.416 e. The van der Waals surface area contributed by atoms with E-state index in [-0.39, 0.29) is 23.5 Å². The zero-order valence-electron chi connectivity index (χ0n) is 18.7. The molecule has 0 saturated heterocycles. The van der Waals surface area contributed by atoms with Crippen LogP contribution in [-0.4, -0.2) is 44.2 Å². The van der Waals surface area contributed by atoms with Crippen molar-refractivity contribution in [2.45, 2.75) is 37.6 Å². The van der Waals surface area contributed by atoms with E-state index in [1.165, 1.54) is 30.3 Å². The van der Waals surface area contributed by atoms with Gasteiger partial charge in [0.05, 0.1) is 18.2 Å². The summed E-state index contributed by atoms with van der Waals surface area (Å²) in [7, 11) is 0. The molecule has 0 saturated carbocycles. The van der Waals surface area contributed by atoms with Crippen LogP contribution in [0.25, 0.3) is 11.4 Å². The molecule has 4 N–H and O–H groups in total. The normalized spacial score (nSPS) is 13.9. The molecule has 1 aromatic heterocycles. The summed E-state index contributed by atoms with van der Waals surface area (Å²) in [5.41, 5.74) is 3.76. The van der Waals surface area contributed by atoms with E-state index in [2.05, 4.69) is 10.4 Å². The number of nitrogens with two attached hydrogens (primary N) is 1. The molecule has 2 unspecified atom stereocenters. The highest BCUT2D eigenvalue weighted by atomic mass is 35.5. The van der Waals surface area contributed by atoms with Crippen molar-refractivity contribution < 1.29 is 36.2 Å². The van der Waals surface area contributed by atoms with Gasteiger partial charge in [-0.2, -0.15) is 26.3 Å². The lowest BCUT2D eigenvalue weighted by Gasteiger charge is -2.18. The summed E-state index contributed by atoms with van der Waals surface area (Å²) in [6, 6.07) is 8.63. The van der Waals surface area contributed by atoms with E-state index < -0.39 is 54.7 Å². The molecule has 37 heavy (non-hydrogen) atoms. The quantitative estimate of drug-likeness (QED) is 0.372. The van der Waals surface area contributed by atoms with Gasteiger partial charge in [0.15, 0.2) is 11.9 Å². The summed E-state index contributed by atoms with van der Waals surface area (Å²) in [6.45, 7) is -2.27. The number of halogens is 7. The molecule has 0 aliphatic carbocycles. The lowest BCUT2D eigenvalue weighted by Crippen LogP contribution is -2.40. The van der Waals surface area contributed by atoms with Gasteiger partial charge in [0.2, 0.25) is 5.91 Å². The van der Waals surface area contributed by atoms with Gasteiger partial charge in [-0.25, -0.2) is 9.48 Å². The summed E-state index contributed by atoms with van der Waals surface area (Å²) in [6.07, 6.45) is -12.6. The standard InChI is InChI=1S/C22H20ClF6N5O3/c23-15-6-4-12(5-7-15)19-32-34(20(37)33(19)10-17(35)22(27,28)29)11-18(36)31-16(9-30)13-2-1-3-14(8-13)21(24,25)26/h1-8,16-17,35H,9-11,30H2,(H,31,36). The molecular weight excluding hydrogens is 532 g/mol. The number of hydrogen-bond acceptors (Lipinski definition) is 5. The molecule has 2 aromatic carbocycles. The average molecular weight is 552 g/mol. The van der Waals surface area contributed by atoms with Crippen molar-refractivity contribution in [1.82, 2.24) is 19.7 Å². The van der Waals surface area contributed by atoms with Crippen LogP contribution in [0.3, 0.4) is 0 Å². The van der Waals surface area contributed by atoms with Crippen molar-refractivity contribution in [3.63, 3.8) is 0 Å². The van der Waals surface area contributed by atoms with Crippen LogP contribution < -0.4 is 16.7 Å². The topological polar surface area (TPSA) is 115 Å². The lowest BCUT2D eigenvalue weighted by atomic mass is 10.0. The molecule has 8 nitrogen and oxygen atoms in total. The summed E-state index contributed by atoms with van der Waals surface area (Å²) in [5.74, 6) is -1.16. The second-order valence-corrected chi connectivity index (χ2v) is 8.35. The van der Waals surface area contributed by atoms with Crippen molar-refractivity contribution in [1.29, 1.82) is 0 Å². The maximum atomic E-state index is 13.0. The first kappa shape index (κ1) is 28.2. The fraction of sp³-hybridized carbons (Fsp3) is 0.318. The molecule has 0 radical (unpaired) electrons. The molecule has 200 valence electrons. The zero-order valence-corrected chi connectivity index (χ0v) is 19.5. The Hall–Kier alpha value is -3.36. The fourth-order valence-electron chi connectivity index (χ4n) is 3.38. The van der Waals surface area contributed by atoms with Crippen LogP contribution in [0.1, 0.15) is 17.2 Å². The predicted molar refractivity (Wildman–Crippen MR) is 120 cm³/mol.